The summed E-state index contributed by atoms with van der Waals surface area (Å²) >= 11 is 2.04. The van der Waals surface area contributed by atoms with E-state index >= 15 is 0 Å². The molecule has 0 bridgehead atoms. The second-order valence-corrected chi connectivity index (χ2v) is 9.26. The zero-order valence-corrected chi connectivity index (χ0v) is 20.7. The van der Waals surface area contributed by atoms with Gasteiger partial charge in [-0.1, -0.05) is 23.8 Å². The summed E-state index contributed by atoms with van der Waals surface area (Å²) in [5, 5.41) is 20.0. The van der Waals surface area contributed by atoms with Crippen LogP contribution in [-0.4, -0.2) is 84.9 Å². The van der Waals surface area contributed by atoms with Crippen LogP contribution in [0.5, 0.6) is 0 Å². The topological polar surface area (TPSA) is 222 Å². The molecule has 162 valence electrons. The van der Waals surface area contributed by atoms with Gasteiger partial charge in [-0.3, -0.25) is 9.59 Å². The molecule has 31 heavy (non-hydrogen) atoms. The van der Waals surface area contributed by atoms with Crippen LogP contribution in [0.2, 0.25) is 0 Å². The number of nitrogen functional groups attached to an aromatic ring is 1. The molecule has 3 atom stereocenters. The van der Waals surface area contributed by atoms with Crippen LogP contribution >= 0.6 is 23.1 Å². The SMILES string of the molecule is CON=C(C(=O)NC1C(=O)N(S(=O)(=O)[O-])C1C(C)Sc1nnn[nH]1)c1csc(N)n1.[Na+]. The summed E-state index contributed by atoms with van der Waals surface area (Å²) in [4.78, 5) is 33.6. The van der Waals surface area contributed by atoms with Gasteiger partial charge in [-0.2, -0.15) is 0 Å². The third-order valence-electron chi connectivity index (χ3n) is 3.89. The molecule has 0 aromatic carbocycles. The number of tetrazole rings is 1. The van der Waals surface area contributed by atoms with E-state index < -0.39 is 39.5 Å². The van der Waals surface area contributed by atoms with Crippen LogP contribution in [0.4, 0.5) is 5.13 Å². The monoisotopic (exact) mass is 499 g/mol. The molecule has 19 heteroatoms. The van der Waals surface area contributed by atoms with Crippen LogP contribution in [0.1, 0.15) is 12.6 Å². The van der Waals surface area contributed by atoms with Crippen LogP contribution in [-0.2, 0) is 24.7 Å². The first kappa shape index (κ1) is 25.4. The average molecular weight is 499 g/mol. The Labute approximate surface area is 205 Å². The van der Waals surface area contributed by atoms with Crippen molar-refractivity contribution < 1.29 is 57.0 Å². The minimum absolute atomic E-state index is 0. The minimum Gasteiger partial charge on any atom is -0.731 e. The van der Waals surface area contributed by atoms with Gasteiger partial charge in [-0.05, 0) is 10.4 Å². The van der Waals surface area contributed by atoms with Crippen LogP contribution < -0.4 is 40.6 Å². The Hall–Kier alpha value is -1.83. The van der Waals surface area contributed by atoms with Gasteiger partial charge >= 0.3 is 29.6 Å². The Kier molecular flexibility index (Phi) is 8.36. The molecule has 0 aliphatic carbocycles. The van der Waals surface area contributed by atoms with Gasteiger partial charge in [0.2, 0.25) is 5.16 Å². The first-order valence-corrected chi connectivity index (χ1v) is 11.1. The molecule has 4 N–H and O–H groups in total. The summed E-state index contributed by atoms with van der Waals surface area (Å²) in [5.74, 6) is -1.95. The van der Waals surface area contributed by atoms with Crippen molar-refractivity contribution in [3.63, 3.8) is 0 Å². The van der Waals surface area contributed by atoms with Gasteiger partial charge in [0.1, 0.15) is 18.8 Å². The van der Waals surface area contributed by atoms with E-state index in [0.29, 0.717) is 0 Å². The number of oxime groups is 1. The van der Waals surface area contributed by atoms with Gasteiger partial charge in [0.15, 0.2) is 21.1 Å². The van der Waals surface area contributed by atoms with Gasteiger partial charge in [0, 0.05) is 10.6 Å². The third-order valence-corrected chi connectivity index (χ3v) is 6.52. The number of rotatable bonds is 8. The van der Waals surface area contributed by atoms with E-state index in [2.05, 4.69) is 40.9 Å². The zero-order valence-electron chi connectivity index (χ0n) is 16.2. The minimum atomic E-state index is -5.11. The van der Waals surface area contributed by atoms with E-state index in [1.807, 2.05) is 0 Å². The maximum atomic E-state index is 12.7. The molecule has 1 fully saturated rings. The number of hydrogen-bond acceptors (Lipinski definition) is 14. The number of nitrogens with one attached hydrogen (secondary N) is 2. The molecule has 1 aliphatic heterocycles. The second-order valence-electron chi connectivity index (χ2n) is 5.76. The molecule has 15 nitrogen and oxygen atoms in total. The van der Waals surface area contributed by atoms with Gasteiger partial charge in [-0.25, -0.2) is 22.8 Å². The summed E-state index contributed by atoms with van der Waals surface area (Å²) in [7, 11) is -3.91. The Morgan fingerprint density at radius 1 is 1.55 bits per heavy atom. The summed E-state index contributed by atoms with van der Waals surface area (Å²) < 4.78 is 34.8. The predicted molar refractivity (Wildman–Crippen MR) is 102 cm³/mol. The molecule has 0 saturated carbocycles. The molecule has 0 spiro atoms. The van der Waals surface area contributed by atoms with Crippen LogP contribution in [0.25, 0.3) is 0 Å². The number of carbonyl (C=O) groups excluding carboxylic acids is 2. The predicted octanol–water partition coefficient (Wildman–Crippen LogP) is -5.07. The number of amides is 2. The van der Waals surface area contributed by atoms with E-state index in [4.69, 9.17) is 5.73 Å². The largest absolute Gasteiger partial charge is 1.00 e. The number of anilines is 1. The number of H-pyrrole nitrogens is 1. The number of hydrogen-bond donors (Lipinski definition) is 3. The van der Waals surface area contributed by atoms with E-state index in [1.165, 1.54) is 12.5 Å². The maximum Gasteiger partial charge on any atom is 1.00 e. The molecule has 1 saturated heterocycles. The molecular weight excluding hydrogens is 485 g/mol. The number of thioether (sulfide) groups is 1. The standard InChI is InChI=1S/C12H15N9O6S3.Na/c1-4(29-12-16-19-20-17-12)8-7(10(23)21(8)30(24,25)26)15-9(22)6(18-27-2)5-3-28-11(13)14-5;/h3-4,7-8H,1-2H3,(H2,13,14)(H,15,22)(H,24,25,26)(H,16,17,19,20);/q;+1/p-1. The fraction of sp³-hybridized carbons (Fsp3) is 0.417. The van der Waals surface area contributed by atoms with Gasteiger partial charge in [0.05, 0.1) is 6.04 Å². The Balaban J connectivity index is 0.00000341. The molecular formula is C12H14N9NaO6S3. The normalized spacial score (nSPS) is 19.9. The van der Waals surface area contributed by atoms with Crippen LogP contribution in [0, 0.1) is 0 Å². The van der Waals surface area contributed by atoms with E-state index in [9.17, 15) is 22.6 Å². The Bertz CT molecular complexity index is 1080. The molecule has 1 aliphatic rings. The summed E-state index contributed by atoms with van der Waals surface area (Å²) in [6.45, 7) is 1.55. The molecule has 2 amide bonds. The number of aromatic nitrogens is 5. The summed E-state index contributed by atoms with van der Waals surface area (Å²) in [5.41, 5.74) is 5.38. The van der Waals surface area contributed by atoms with Crippen molar-refractivity contribution in [1.82, 2.24) is 35.2 Å². The Morgan fingerprint density at radius 2 is 2.26 bits per heavy atom. The van der Waals surface area contributed by atoms with Crippen molar-refractivity contribution in [2.75, 3.05) is 12.8 Å². The number of carbonyl (C=O) groups is 2. The number of aromatic amines is 1. The summed E-state index contributed by atoms with van der Waals surface area (Å²) in [6, 6.07) is -2.51. The number of β-lactam (4-membered cyclic amide) rings is 1. The molecule has 3 rings (SSSR count). The quantitative estimate of drug-likeness (QED) is 0.0775. The molecule has 0 radical (unpaired) electrons. The Morgan fingerprint density at radius 3 is 2.77 bits per heavy atom. The third kappa shape index (κ3) is 5.51. The fourth-order valence-electron chi connectivity index (χ4n) is 2.70. The van der Waals surface area contributed by atoms with Crippen molar-refractivity contribution >= 4 is 56.1 Å². The first-order chi connectivity index (χ1) is 14.1. The van der Waals surface area contributed by atoms with Crippen molar-refractivity contribution in [3.05, 3.63) is 11.1 Å². The van der Waals surface area contributed by atoms with Gasteiger partial charge < -0.3 is 20.4 Å². The smallest absolute Gasteiger partial charge is 0.731 e. The first-order valence-electron chi connectivity index (χ1n) is 7.96. The van der Waals surface area contributed by atoms with Crippen molar-refractivity contribution in [2.45, 2.75) is 29.4 Å². The second kappa shape index (κ2) is 10.2. The molecule has 2 aromatic rings. The van der Waals surface area contributed by atoms with Crippen molar-refractivity contribution in [3.8, 4) is 0 Å². The number of nitrogens with two attached hydrogens (primary N) is 1. The maximum absolute atomic E-state index is 12.7. The van der Waals surface area contributed by atoms with Crippen molar-refractivity contribution in [1.29, 1.82) is 0 Å². The van der Waals surface area contributed by atoms with E-state index in [-0.39, 0.29) is 55.6 Å². The fourth-order valence-corrected chi connectivity index (χ4v) is 5.21. The van der Waals surface area contributed by atoms with Gasteiger partial charge in [0.25, 0.3) is 11.8 Å². The molecule has 2 aromatic heterocycles. The molecule has 3 heterocycles. The van der Waals surface area contributed by atoms with Crippen LogP contribution in [0.3, 0.4) is 0 Å². The average Bonchev–Trinajstić information content (AvgIpc) is 3.32. The summed E-state index contributed by atoms with van der Waals surface area (Å²) in [6.07, 6.45) is 0. The van der Waals surface area contributed by atoms with E-state index in [0.717, 1.165) is 23.1 Å². The van der Waals surface area contributed by atoms with E-state index in [1.54, 1.807) is 6.92 Å². The van der Waals surface area contributed by atoms with Crippen LogP contribution in [0.15, 0.2) is 15.7 Å². The zero-order chi connectivity index (χ0) is 22.1. The van der Waals surface area contributed by atoms with Gasteiger partial charge in [-0.15, -0.1) is 16.4 Å². The number of nitrogens with zero attached hydrogens (tertiary/aromatic N) is 6. The van der Waals surface area contributed by atoms with Crippen molar-refractivity contribution in [2.24, 2.45) is 5.16 Å². The number of thiazole rings is 1. The molecule has 3 unspecified atom stereocenters.